The van der Waals surface area contributed by atoms with Crippen LogP contribution in [0.1, 0.15) is 59.8 Å². The van der Waals surface area contributed by atoms with Crippen molar-refractivity contribution >= 4 is 0 Å². The maximum absolute atomic E-state index is 13.0. The first kappa shape index (κ1) is 16.1. The predicted molar refractivity (Wildman–Crippen MR) is 70.3 cm³/mol. The average Bonchev–Trinajstić information content (AvgIpc) is 2.46. The number of alkyl halides is 3. The molecule has 0 radical (unpaired) electrons. The number of hydrogen-bond acceptors (Lipinski definition) is 2. The highest BCUT2D eigenvalue weighted by atomic mass is 19.4. The number of ether oxygens (including phenoxy) is 1. The summed E-state index contributed by atoms with van der Waals surface area (Å²) >= 11 is 0. The Hall–Kier alpha value is -0.290. The van der Waals surface area contributed by atoms with Crippen LogP contribution in [0.3, 0.4) is 0 Å². The largest absolute Gasteiger partial charge is 0.391 e. The third-order valence-electron chi connectivity index (χ3n) is 4.95. The van der Waals surface area contributed by atoms with Gasteiger partial charge in [0.2, 0.25) is 0 Å². The Labute approximate surface area is 118 Å². The summed E-state index contributed by atoms with van der Waals surface area (Å²) in [4.78, 5) is 0. The molecule has 1 N–H and O–H groups in total. The zero-order valence-electron chi connectivity index (χ0n) is 12.7. The van der Waals surface area contributed by atoms with Gasteiger partial charge in [-0.05, 0) is 59.8 Å². The van der Waals surface area contributed by atoms with Crippen LogP contribution in [0.5, 0.6) is 0 Å². The summed E-state index contributed by atoms with van der Waals surface area (Å²) in [7, 11) is 0. The van der Waals surface area contributed by atoms with E-state index in [1.807, 2.05) is 27.7 Å². The van der Waals surface area contributed by atoms with Crippen molar-refractivity contribution in [2.45, 2.75) is 82.8 Å². The maximum Gasteiger partial charge on any atom is 0.391 e. The highest BCUT2D eigenvalue weighted by Gasteiger charge is 2.58. The molecule has 20 heavy (non-hydrogen) atoms. The molecule has 1 saturated carbocycles. The molecule has 1 heterocycles. The number of halogens is 3. The summed E-state index contributed by atoms with van der Waals surface area (Å²) < 4.78 is 44.9. The minimum absolute atomic E-state index is 0.128. The molecule has 0 aromatic rings. The van der Waals surface area contributed by atoms with Crippen LogP contribution in [0.4, 0.5) is 13.2 Å². The fraction of sp³-hybridized carbons (Fsp3) is 1.00. The van der Waals surface area contributed by atoms with Gasteiger partial charge in [0.05, 0.1) is 22.7 Å². The summed E-state index contributed by atoms with van der Waals surface area (Å²) in [5.74, 6) is -1.64. The fourth-order valence-corrected chi connectivity index (χ4v) is 4.28. The molecule has 0 aromatic carbocycles. The first-order valence-electron chi connectivity index (χ1n) is 7.35. The Morgan fingerprint density at radius 3 is 2.15 bits per heavy atom. The highest BCUT2D eigenvalue weighted by molar-refractivity contribution is 5.06. The van der Waals surface area contributed by atoms with Gasteiger partial charge in [-0.1, -0.05) is 0 Å². The molecular formula is C15H25F3O2. The van der Waals surface area contributed by atoms with Crippen molar-refractivity contribution < 1.29 is 23.0 Å². The van der Waals surface area contributed by atoms with Crippen molar-refractivity contribution in [2.24, 2.45) is 11.8 Å². The predicted octanol–water partition coefficient (Wildman–Crippen LogP) is 4.06. The van der Waals surface area contributed by atoms with E-state index in [0.717, 1.165) is 0 Å². The topological polar surface area (TPSA) is 29.5 Å². The Morgan fingerprint density at radius 1 is 1.10 bits per heavy atom. The Balaban J connectivity index is 2.22. The van der Waals surface area contributed by atoms with Gasteiger partial charge in [-0.25, -0.2) is 0 Å². The van der Waals surface area contributed by atoms with Crippen molar-refractivity contribution in [3.05, 3.63) is 0 Å². The van der Waals surface area contributed by atoms with Crippen LogP contribution in [0, 0.1) is 11.8 Å². The minimum Gasteiger partial charge on any atom is -0.389 e. The maximum atomic E-state index is 13.0. The lowest BCUT2D eigenvalue weighted by atomic mass is 9.65. The van der Waals surface area contributed by atoms with Gasteiger partial charge in [0.1, 0.15) is 0 Å². The van der Waals surface area contributed by atoms with E-state index in [4.69, 9.17) is 4.74 Å². The third-order valence-corrected chi connectivity index (χ3v) is 4.95. The van der Waals surface area contributed by atoms with E-state index in [-0.39, 0.29) is 18.8 Å². The normalized spacial score (nSPS) is 40.8. The van der Waals surface area contributed by atoms with Gasteiger partial charge in [0, 0.05) is 5.92 Å². The van der Waals surface area contributed by atoms with E-state index in [1.165, 1.54) is 0 Å². The molecule has 0 amide bonds. The second-order valence-corrected chi connectivity index (χ2v) is 7.66. The van der Waals surface area contributed by atoms with Crippen LogP contribution in [-0.4, -0.2) is 28.1 Å². The molecule has 0 spiro atoms. The van der Waals surface area contributed by atoms with Crippen molar-refractivity contribution in [1.82, 2.24) is 0 Å². The summed E-state index contributed by atoms with van der Waals surface area (Å²) in [5, 5.41) is 10.9. The molecule has 1 aliphatic heterocycles. The Bertz CT molecular complexity index is 376. The van der Waals surface area contributed by atoms with Crippen molar-refractivity contribution in [2.75, 3.05) is 0 Å². The van der Waals surface area contributed by atoms with Crippen molar-refractivity contribution in [1.29, 1.82) is 0 Å². The zero-order valence-corrected chi connectivity index (χ0v) is 12.7. The van der Waals surface area contributed by atoms with Gasteiger partial charge in [0.25, 0.3) is 0 Å². The second-order valence-electron chi connectivity index (χ2n) is 7.66. The van der Waals surface area contributed by atoms with Gasteiger partial charge in [-0.2, -0.15) is 13.2 Å². The van der Waals surface area contributed by atoms with Crippen LogP contribution >= 0.6 is 0 Å². The van der Waals surface area contributed by atoms with Gasteiger partial charge in [-0.3, -0.25) is 0 Å². The molecule has 0 aromatic heterocycles. The second kappa shape index (κ2) is 4.60. The number of aliphatic hydroxyl groups is 1. The molecule has 3 unspecified atom stereocenters. The van der Waals surface area contributed by atoms with Crippen LogP contribution in [-0.2, 0) is 4.74 Å². The zero-order chi connectivity index (χ0) is 15.4. The Morgan fingerprint density at radius 2 is 1.70 bits per heavy atom. The van der Waals surface area contributed by atoms with Crippen LogP contribution in [0.2, 0.25) is 0 Å². The summed E-state index contributed by atoms with van der Waals surface area (Å²) in [6.45, 7) is 7.62. The molecule has 1 aliphatic carbocycles. The lowest BCUT2D eigenvalue weighted by Gasteiger charge is -2.45. The SMILES string of the molecule is CC1(C)CC(C2(O)CCCC(C(F)(F)F)C2)C(C)(C)O1. The molecule has 2 fully saturated rings. The smallest absolute Gasteiger partial charge is 0.389 e. The van der Waals surface area contributed by atoms with Gasteiger partial charge < -0.3 is 9.84 Å². The number of hydrogen-bond donors (Lipinski definition) is 1. The molecule has 0 bridgehead atoms. The first-order chi connectivity index (χ1) is 8.86. The molecule has 118 valence electrons. The number of rotatable bonds is 1. The van der Waals surface area contributed by atoms with Crippen LogP contribution < -0.4 is 0 Å². The molecule has 2 aliphatic rings. The summed E-state index contributed by atoms with van der Waals surface area (Å²) in [6.07, 6.45) is -2.82. The van der Waals surface area contributed by atoms with E-state index >= 15 is 0 Å². The van der Waals surface area contributed by atoms with Crippen molar-refractivity contribution in [3.8, 4) is 0 Å². The van der Waals surface area contributed by atoms with Gasteiger partial charge in [-0.15, -0.1) is 0 Å². The first-order valence-corrected chi connectivity index (χ1v) is 7.35. The molecule has 3 atom stereocenters. The summed E-state index contributed by atoms with van der Waals surface area (Å²) in [5.41, 5.74) is -2.25. The molecule has 5 heteroatoms. The van der Waals surface area contributed by atoms with E-state index in [2.05, 4.69) is 0 Å². The lowest BCUT2D eigenvalue weighted by molar-refractivity contribution is -0.213. The molecule has 1 saturated heterocycles. The van der Waals surface area contributed by atoms with E-state index in [9.17, 15) is 18.3 Å². The highest BCUT2D eigenvalue weighted by Crippen LogP contribution is 2.53. The van der Waals surface area contributed by atoms with Gasteiger partial charge >= 0.3 is 6.18 Å². The standard InChI is InChI=1S/C15H25F3O2/c1-12(2)9-11(13(3,4)20-12)14(19)7-5-6-10(8-14)15(16,17)18/h10-11,19H,5-9H2,1-4H3. The quantitative estimate of drug-likeness (QED) is 0.790. The third kappa shape index (κ3) is 2.98. The molecular weight excluding hydrogens is 269 g/mol. The van der Waals surface area contributed by atoms with Crippen LogP contribution in [0.25, 0.3) is 0 Å². The van der Waals surface area contributed by atoms with E-state index < -0.39 is 28.9 Å². The lowest BCUT2D eigenvalue weighted by Crippen LogP contribution is -2.51. The van der Waals surface area contributed by atoms with Gasteiger partial charge in [0.15, 0.2) is 0 Å². The fourth-order valence-electron chi connectivity index (χ4n) is 4.28. The van der Waals surface area contributed by atoms with Crippen LogP contribution in [0.15, 0.2) is 0 Å². The average molecular weight is 294 g/mol. The van der Waals surface area contributed by atoms with Crippen molar-refractivity contribution in [3.63, 3.8) is 0 Å². The monoisotopic (exact) mass is 294 g/mol. The summed E-state index contributed by atoms with van der Waals surface area (Å²) in [6, 6.07) is 0. The Kier molecular flexibility index (Phi) is 3.70. The molecule has 2 nitrogen and oxygen atoms in total. The minimum atomic E-state index is -4.21. The van der Waals surface area contributed by atoms with E-state index in [1.54, 1.807) is 0 Å². The van der Waals surface area contributed by atoms with E-state index in [0.29, 0.717) is 19.3 Å². The molecule has 2 rings (SSSR count).